The summed E-state index contributed by atoms with van der Waals surface area (Å²) in [5.41, 5.74) is 1.10. The van der Waals surface area contributed by atoms with Gasteiger partial charge in [-0.1, -0.05) is 26.0 Å². The third-order valence-electron chi connectivity index (χ3n) is 4.71. The lowest BCUT2D eigenvalue weighted by atomic mass is 9.89. The van der Waals surface area contributed by atoms with E-state index in [1.165, 1.54) is 12.1 Å². The summed E-state index contributed by atoms with van der Waals surface area (Å²) in [6, 6.07) is 5.97. The Morgan fingerprint density at radius 2 is 1.81 bits per heavy atom. The third kappa shape index (κ3) is 5.54. The molecule has 1 fully saturated rings. The van der Waals surface area contributed by atoms with E-state index in [1.54, 1.807) is 26.0 Å². The predicted octanol–water partition coefficient (Wildman–Crippen LogP) is 2.40. The van der Waals surface area contributed by atoms with Gasteiger partial charge in [0.2, 0.25) is 11.8 Å². The van der Waals surface area contributed by atoms with Crippen molar-refractivity contribution in [3.05, 3.63) is 35.6 Å². The molecule has 1 aliphatic rings. The monoisotopic (exact) mass is 363 g/mol. The molecule has 6 nitrogen and oxygen atoms in total. The van der Waals surface area contributed by atoms with Gasteiger partial charge in [-0.2, -0.15) is 0 Å². The fraction of sp³-hybridized carbons (Fsp3) is 0.526. The number of hydrogen-bond acceptors (Lipinski definition) is 3. The minimum Gasteiger partial charge on any atom is -0.342 e. The fourth-order valence-electron chi connectivity index (χ4n) is 3.07. The molecule has 1 atom stereocenters. The number of piperidine rings is 1. The van der Waals surface area contributed by atoms with Gasteiger partial charge in [0, 0.05) is 26.1 Å². The molecule has 0 spiro atoms. The van der Waals surface area contributed by atoms with E-state index in [1.807, 2.05) is 4.90 Å². The lowest BCUT2D eigenvalue weighted by Crippen LogP contribution is -2.46. The van der Waals surface area contributed by atoms with Crippen LogP contribution < -0.4 is 10.6 Å². The Hall–Kier alpha value is -2.44. The highest BCUT2D eigenvalue weighted by atomic mass is 19.1. The van der Waals surface area contributed by atoms with Crippen molar-refractivity contribution in [1.82, 2.24) is 15.5 Å². The molecule has 0 aliphatic carbocycles. The molecule has 0 bridgehead atoms. The zero-order chi connectivity index (χ0) is 19.1. The van der Waals surface area contributed by atoms with Gasteiger partial charge in [-0.25, -0.2) is 9.18 Å². The summed E-state index contributed by atoms with van der Waals surface area (Å²) in [6.45, 7) is 4.89. The lowest BCUT2D eigenvalue weighted by molar-refractivity contribution is -0.135. The summed E-state index contributed by atoms with van der Waals surface area (Å²) >= 11 is 0. The number of hydrogen-bond donors (Lipinski definition) is 2. The molecule has 7 heteroatoms. The van der Waals surface area contributed by atoms with Crippen molar-refractivity contribution in [3.8, 4) is 0 Å². The maximum atomic E-state index is 13.0. The molecule has 1 aliphatic heterocycles. The number of nitrogens with one attached hydrogen (secondary N) is 2. The molecule has 0 radical (unpaired) electrons. The highest BCUT2D eigenvalue weighted by Crippen LogP contribution is 2.28. The first-order valence-electron chi connectivity index (χ1n) is 9.02. The smallest absolute Gasteiger partial charge is 0.321 e. The van der Waals surface area contributed by atoms with Crippen LogP contribution in [-0.2, 0) is 9.59 Å². The lowest BCUT2D eigenvalue weighted by Gasteiger charge is -2.34. The van der Waals surface area contributed by atoms with E-state index < -0.39 is 6.03 Å². The number of rotatable bonds is 5. The molecule has 2 rings (SSSR count). The molecule has 142 valence electrons. The van der Waals surface area contributed by atoms with E-state index >= 15 is 0 Å². The van der Waals surface area contributed by atoms with Crippen LogP contribution in [0.4, 0.5) is 9.18 Å². The van der Waals surface area contributed by atoms with Crippen LogP contribution in [0.25, 0.3) is 0 Å². The molecule has 1 aromatic rings. The van der Waals surface area contributed by atoms with E-state index in [0.717, 1.165) is 18.4 Å². The van der Waals surface area contributed by atoms with Gasteiger partial charge in [0.05, 0.1) is 5.92 Å². The Balaban J connectivity index is 1.77. The SMILES string of the molecule is CCC(=O)NC(=O)NC[C@H](C)C(=O)N1CCC(c2ccc(F)cc2)CC1. The van der Waals surface area contributed by atoms with Crippen molar-refractivity contribution < 1.29 is 18.8 Å². The van der Waals surface area contributed by atoms with Gasteiger partial charge in [-0.15, -0.1) is 0 Å². The van der Waals surface area contributed by atoms with Gasteiger partial charge < -0.3 is 10.2 Å². The van der Waals surface area contributed by atoms with Gasteiger partial charge in [-0.3, -0.25) is 14.9 Å². The first-order valence-corrected chi connectivity index (χ1v) is 9.02. The van der Waals surface area contributed by atoms with Crippen molar-refractivity contribution in [1.29, 1.82) is 0 Å². The summed E-state index contributed by atoms with van der Waals surface area (Å²) in [7, 11) is 0. The fourth-order valence-corrected chi connectivity index (χ4v) is 3.07. The van der Waals surface area contributed by atoms with Crippen molar-refractivity contribution >= 4 is 17.8 Å². The first kappa shape index (κ1) is 19.9. The second-order valence-electron chi connectivity index (χ2n) is 6.66. The van der Waals surface area contributed by atoms with Crippen LogP contribution in [0.5, 0.6) is 0 Å². The third-order valence-corrected chi connectivity index (χ3v) is 4.71. The number of benzene rings is 1. The molecule has 0 aromatic heterocycles. The summed E-state index contributed by atoms with van der Waals surface area (Å²) in [5.74, 6) is -0.639. The van der Waals surface area contributed by atoms with Crippen LogP contribution in [0, 0.1) is 11.7 Å². The molecule has 1 aromatic carbocycles. The molecule has 0 unspecified atom stereocenters. The number of amides is 4. The molecular formula is C19H26FN3O3. The summed E-state index contributed by atoms with van der Waals surface area (Å²) < 4.78 is 13.0. The number of imide groups is 1. The Kier molecular flexibility index (Phi) is 7.12. The van der Waals surface area contributed by atoms with Crippen LogP contribution in [-0.4, -0.2) is 42.4 Å². The van der Waals surface area contributed by atoms with Crippen LogP contribution in [0.3, 0.4) is 0 Å². The Labute approximate surface area is 153 Å². The van der Waals surface area contributed by atoms with Crippen molar-refractivity contribution in [2.75, 3.05) is 19.6 Å². The van der Waals surface area contributed by atoms with Crippen molar-refractivity contribution in [2.24, 2.45) is 5.92 Å². The van der Waals surface area contributed by atoms with Crippen LogP contribution >= 0.6 is 0 Å². The average molecular weight is 363 g/mol. The quantitative estimate of drug-likeness (QED) is 0.843. The predicted molar refractivity (Wildman–Crippen MR) is 96.0 cm³/mol. The normalized spacial score (nSPS) is 16.0. The number of likely N-dealkylation sites (tertiary alicyclic amines) is 1. The molecule has 26 heavy (non-hydrogen) atoms. The highest BCUT2D eigenvalue weighted by Gasteiger charge is 2.27. The summed E-state index contributed by atoms with van der Waals surface area (Å²) in [4.78, 5) is 37.0. The molecule has 2 N–H and O–H groups in total. The topological polar surface area (TPSA) is 78.5 Å². The zero-order valence-corrected chi connectivity index (χ0v) is 15.3. The summed E-state index contributed by atoms with van der Waals surface area (Å²) in [5, 5.41) is 4.74. The number of halogens is 1. The Morgan fingerprint density at radius 1 is 1.19 bits per heavy atom. The van der Waals surface area contributed by atoms with E-state index in [9.17, 15) is 18.8 Å². The standard InChI is InChI=1S/C19H26FN3O3/c1-3-17(24)22-19(26)21-12-13(2)18(25)23-10-8-15(9-11-23)14-4-6-16(20)7-5-14/h4-7,13,15H,3,8-12H2,1-2H3,(H2,21,22,24,26)/t13-/m0/s1. The van der Waals surface area contributed by atoms with Gasteiger partial charge in [0.1, 0.15) is 5.82 Å². The summed E-state index contributed by atoms with van der Waals surface area (Å²) in [6.07, 6.45) is 1.90. The van der Waals surface area contributed by atoms with Crippen LogP contribution in [0.15, 0.2) is 24.3 Å². The molecule has 4 amide bonds. The number of urea groups is 1. The second-order valence-corrected chi connectivity index (χ2v) is 6.66. The average Bonchev–Trinajstić information content (AvgIpc) is 2.66. The Morgan fingerprint density at radius 3 is 2.38 bits per heavy atom. The van der Waals surface area contributed by atoms with Crippen molar-refractivity contribution in [3.63, 3.8) is 0 Å². The number of carbonyl (C=O) groups is 3. The Bertz CT molecular complexity index is 640. The van der Waals surface area contributed by atoms with Crippen LogP contribution in [0.2, 0.25) is 0 Å². The maximum Gasteiger partial charge on any atom is 0.321 e. The van der Waals surface area contributed by atoms with E-state index in [0.29, 0.717) is 19.0 Å². The van der Waals surface area contributed by atoms with E-state index in [-0.39, 0.29) is 36.5 Å². The first-order chi connectivity index (χ1) is 12.4. The van der Waals surface area contributed by atoms with E-state index in [2.05, 4.69) is 10.6 Å². The molecule has 1 saturated heterocycles. The van der Waals surface area contributed by atoms with E-state index in [4.69, 9.17) is 0 Å². The van der Waals surface area contributed by atoms with Gasteiger partial charge in [0.25, 0.3) is 0 Å². The molecule has 0 saturated carbocycles. The van der Waals surface area contributed by atoms with Gasteiger partial charge in [-0.05, 0) is 36.5 Å². The second kappa shape index (κ2) is 9.31. The van der Waals surface area contributed by atoms with Gasteiger partial charge >= 0.3 is 6.03 Å². The largest absolute Gasteiger partial charge is 0.342 e. The molecular weight excluding hydrogens is 337 g/mol. The van der Waals surface area contributed by atoms with Crippen LogP contribution in [0.1, 0.15) is 44.6 Å². The van der Waals surface area contributed by atoms with Crippen molar-refractivity contribution in [2.45, 2.75) is 39.0 Å². The number of carbonyl (C=O) groups excluding carboxylic acids is 3. The highest BCUT2D eigenvalue weighted by molar-refractivity contribution is 5.94. The van der Waals surface area contributed by atoms with Gasteiger partial charge in [0.15, 0.2) is 0 Å². The zero-order valence-electron chi connectivity index (χ0n) is 15.3. The molecule has 1 heterocycles. The number of nitrogens with zero attached hydrogens (tertiary/aromatic N) is 1. The minimum atomic E-state index is -0.577. The maximum absolute atomic E-state index is 13.0. The minimum absolute atomic E-state index is 0.00956.